The fourth-order valence-corrected chi connectivity index (χ4v) is 2.74. The number of amides is 1. The maximum atomic E-state index is 12.2. The van der Waals surface area contributed by atoms with Crippen LogP contribution >= 0.6 is 23.4 Å². The van der Waals surface area contributed by atoms with E-state index in [1.54, 1.807) is 0 Å². The van der Waals surface area contributed by atoms with Crippen molar-refractivity contribution in [1.29, 1.82) is 0 Å². The van der Waals surface area contributed by atoms with Gasteiger partial charge < -0.3 is 10.0 Å². The normalized spacial score (nSPS) is 11.2. The molecule has 0 saturated heterocycles. The van der Waals surface area contributed by atoms with E-state index >= 15 is 0 Å². The number of halogens is 1. The molecule has 0 bridgehead atoms. The lowest BCUT2D eigenvalue weighted by atomic mass is 10.1. The minimum atomic E-state index is -0.999. The van der Waals surface area contributed by atoms with E-state index < -0.39 is 11.5 Å². The molecular weight excluding hydrogens is 310 g/mol. The van der Waals surface area contributed by atoms with Crippen LogP contribution in [0.5, 0.6) is 0 Å². The maximum Gasteiger partial charge on any atom is 0.323 e. The van der Waals surface area contributed by atoms with Gasteiger partial charge in [-0.3, -0.25) is 9.59 Å². The van der Waals surface area contributed by atoms with Crippen LogP contribution in [0.2, 0.25) is 5.02 Å². The average Bonchev–Trinajstić information content (AvgIpc) is 2.36. The Kier molecular flexibility index (Phi) is 6.55. The maximum absolute atomic E-state index is 12.2. The molecule has 1 aromatic rings. The standard InChI is InChI=1S/C15H20ClNO3S/c1-15(2,3)17(8-14(19)20)13(18)10-21-9-11-4-6-12(16)7-5-11/h4-7H,8-10H2,1-3H3,(H,19,20). The van der Waals surface area contributed by atoms with E-state index in [4.69, 9.17) is 16.7 Å². The minimum absolute atomic E-state index is 0.163. The Labute approximate surface area is 134 Å². The van der Waals surface area contributed by atoms with Crippen molar-refractivity contribution in [2.75, 3.05) is 12.3 Å². The van der Waals surface area contributed by atoms with Gasteiger partial charge in [-0.15, -0.1) is 11.8 Å². The smallest absolute Gasteiger partial charge is 0.323 e. The van der Waals surface area contributed by atoms with Gasteiger partial charge in [0.15, 0.2) is 0 Å². The first kappa shape index (κ1) is 17.9. The summed E-state index contributed by atoms with van der Waals surface area (Å²) in [6, 6.07) is 7.45. The van der Waals surface area contributed by atoms with Crippen LogP contribution in [0, 0.1) is 0 Å². The van der Waals surface area contributed by atoms with Crippen LogP contribution in [0.1, 0.15) is 26.3 Å². The van der Waals surface area contributed by atoms with Crippen LogP contribution in [-0.2, 0) is 15.3 Å². The van der Waals surface area contributed by atoms with Crippen LogP contribution in [0.25, 0.3) is 0 Å². The van der Waals surface area contributed by atoms with Gasteiger partial charge in [0, 0.05) is 16.3 Å². The SMILES string of the molecule is CC(C)(C)N(CC(=O)O)C(=O)CSCc1ccc(Cl)cc1. The molecule has 0 aromatic heterocycles. The zero-order valence-corrected chi connectivity index (χ0v) is 14.0. The first-order chi connectivity index (χ1) is 9.70. The van der Waals surface area contributed by atoms with Crippen molar-refractivity contribution in [1.82, 2.24) is 4.90 Å². The number of aliphatic carboxylic acids is 1. The molecule has 0 heterocycles. The highest BCUT2D eigenvalue weighted by atomic mass is 35.5. The number of carboxylic acids is 1. The number of rotatable bonds is 6. The highest BCUT2D eigenvalue weighted by Crippen LogP contribution is 2.18. The van der Waals surface area contributed by atoms with Crippen molar-refractivity contribution in [3.05, 3.63) is 34.9 Å². The molecule has 0 fully saturated rings. The minimum Gasteiger partial charge on any atom is -0.480 e. The quantitative estimate of drug-likeness (QED) is 0.870. The van der Waals surface area contributed by atoms with Crippen LogP contribution in [0.3, 0.4) is 0 Å². The topological polar surface area (TPSA) is 57.6 Å². The molecule has 0 atom stereocenters. The summed E-state index contributed by atoms with van der Waals surface area (Å²) in [6.07, 6.45) is 0. The Morgan fingerprint density at radius 2 is 1.81 bits per heavy atom. The second-order valence-electron chi connectivity index (χ2n) is 5.66. The highest BCUT2D eigenvalue weighted by molar-refractivity contribution is 7.99. The molecule has 116 valence electrons. The predicted molar refractivity (Wildman–Crippen MR) is 86.7 cm³/mol. The number of hydrogen-bond donors (Lipinski definition) is 1. The van der Waals surface area contributed by atoms with E-state index in [-0.39, 0.29) is 18.2 Å². The van der Waals surface area contributed by atoms with Gasteiger partial charge >= 0.3 is 5.97 Å². The summed E-state index contributed by atoms with van der Waals surface area (Å²) >= 11 is 7.28. The molecule has 1 N–H and O–H groups in total. The number of carbonyl (C=O) groups excluding carboxylic acids is 1. The molecule has 0 aliphatic rings. The molecule has 21 heavy (non-hydrogen) atoms. The van der Waals surface area contributed by atoms with Crippen molar-refractivity contribution in [3.63, 3.8) is 0 Å². The predicted octanol–water partition coefficient (Wildman–Crippen LogP) is 3.28. The Morgan fingerprint density at radius 3 is 2.29 bits per heavy atom. The summed E-state index contributed by atoms with van der Waals surface area (Å²) in [5, 5.41) is 9.59. The lowest BCUT2D eigenvalue weighted by Gasteiger charge is -2.34. The van der Waals surface area contributed by atoms with E-state index in [1.165, 1.54) is 16.7 Å². The van der Waals surface area contributed by atoms with Gasteiger partial charge in [0.2, 0.25) is 5.91 Å². The Hall–Kier alpha value is -1.20. The Morgan fingerprint density at radius 1 is 1.24 bits per heavy atom. The molecule has 6 heteroatoms. The number of carboxylic acid groups (broad SMARTS) is 1. The summed E-state index contributed by atoms with van der Waals surface area (Å²) in [7, 11) is 0. The van der Waals surface area contributed by atoms with Gasteiger partial charge in [0.1, 0.15) is 6.54 Å². The van der Waals surface area contributed by atoms with Crippen molar-refractivity contribution >= 4 is 35.2 Å². The molecule has 1 amide bonds. The number of benzene rings is 1. The zero-order valence-electron chi connectivity index (χ0n) is 12.4. The Balaban J connectivity index is 2.54. The third kappa shape index (κ3) is 6.40. The van der Waals surface area contributed by atoms with Gasteiger partial charge in [-0.25, -0.2) is 0 Å². The molecule has 0 unspecified atom stereocenters. The van der Waals surface area contributed by atoms with Gasteiger partial charge in [0.25, 0.3) is 0 Å². The van der Waals surface area contributed by atoms with E-state index in [2.05, 4.69) is 0 Å². The molecule has 0 aliphatic carbocycles. The van der Waals surface area contributed by atoms with Gasteiger partial charge in [0.05, 0.1) is 5.75 Å². The number of carbonyl (C=O) groups is 2. The molecule has 0 aliphatic heterocycles. The number of thioether (sulfide) groups is 1. The van der Waals surface area contributed by atoms with Crippen molar-refractivity contribution < 1.29 is 14.7 Å². The first-order valence-corrected chi connectivity index (χ1v) is 8.08. The molecule has 0 radical (unpaired) electrons. The average molecular weight is 330 g/mol. The molecule has 0 saturated carbocycles. The summed E-state index contributed by atoms with van der Waals surface area (Å²) in [4.78, 5) is 24.5. The number of nitrogens with zero attached hydrogens (tertiary/aromatic N) is 1. The third-order valence-electron chi connectivity index (χ3n) is 2.81. The van der Waals surface area contributed by atoms with E-state index in [1.807, 2.05) is 45.0 Å². The van der Waals surface area contributed by atoms with Crippen LogP contribution in [0.4, 0.5) is 0 Å². The van der Waals surface area contributed by atoms with Gasteiger partial charge in [-0.1, -0.05) is 23.7 Å². The van der Waals surface area contributed by atoms with Crippen molar-refractivity contribution in [3.8, 4) is 0 Å². The van der Waals surface area contributed by atoms with Crippen LogP contribution < -0.4 is 0 Å². The lowest BCUT2D eigenvalue weighted by molar-refractivity contribution is -0.146. The largest absolute Gasteiger partial charge is 0.480 e. The van der Waals surface area contributed by atoms with E-state index in [0.717, 1.165) is 5.56 Å². The molecular formula is C15H20ClNO3S. The highest BCUT2D eigenvalue weighted by Gasteiger charge is 2.27. The summed E-state index contributed by atoms with van der Waals surface area (Å²) in [6.45, 7) is 5.22. The van der Waals surface area contributed by atoms with Crippen LogP contribution in [0.15, 0.2) is 24.3 Å². The monoisotopic (exact) mass is 329 g/mol. The van der Waals surface area contributed by atoms with E-state index in [0.29, 0.717) is 10.8 Å². The molecule has 0 spiro atoms. The number of hydrogen-bond acceptors (Lipinski definition) is 3. The Bertz CT molecular complexity index is 497. The summed E-state index contributed by atoms with van der Waals surface area (Å²) in [5.41, 5.74) is 0.578. The summed E-state index contributed by atoms with van der Waals surface area (Å²) in [5.74, 6) is -0.217. The zero-order chi connectivity index (χ0) is 16.0. The molecule has 4 nitrogen and oxygen atoms in total. The van der Waals surface area contributed by atoms with Gasteiger partial charge in [-0.2, -0.15) is 0 Å². The molecule has 1 rings (SSSR count). The van der Waals surface area contributed by atoms with Crippen LogP contribution in [-0.4, -0.2) is 39.7 Å². The fraction of sp³-hybridized carbons (Fsp3) is 0.467. The van der Waals surface area contributed by atoms with Crippen molar-refractivity contribution in [2.24, 2.45) is 0 Å². The fourth-order valence-electron chi connectivity index (χ4n) is 1.75. The van der Waals surface area contributed by atoms with Crippen molar-refractivity contribution in [2.45, 2.75) is 32.1 Å². The molecule has 1 aromatic carbocycles. The van der Waals surface area contributed by atoms with E-state index in [9.17, 15) is 9.59 Å². The third-order valence-corrected chi connectivity index (χ3v) is 4.05. The lowest BCUT2D eigenvalue weighted by Crippen LogP contribution is -2.49. The second-order valence-corrected chi connectivity index (χ2v) is 7.09. The summed E-state index contributed by atoms with van der Waals surface area (Å²) < 4.78 is 0. The second kappa shape index (κ2) is 7.71. The first-order valence-electron chi connectivity index (χ1n) is 6.54. The van der Waals surface area contributed by atoms with Gasteiger partial charge in [-0.05, 0) is 38.5 Å².